The predicted molar refractivity (Wildman–Crippen MR) is 84.2 cm³/mol. The van der Waals surface area contributed by atoms with Crippen molar-refractivity contribution >= 4 is 6.08 Å². The van der Waals surface area contributed by atoms with Crippen molar-refractivity contribution in [2.24, 2.45) is 0 Å². The molecule has 0 aliphatic carbocycles. The van der Waals surface area contributed by atoms with E-state index in [1.165, 1.54) is 0 Å². The minimum Gasteiger partial charge on any atom is -0.489 e. The molecule has 0 aromatic heterocycles. The maximum absolute atomic E-state index is 10.5. The lowest BCUT2D eigenvalue weighted by molar-refractivity contribution is -0.911. The average Bonchev–Trinajstić information content (AvgIpc) is 2.53. The molecule has 1 fully saturated rings. The Bertz CT molecular complexity index is 521. The Kier molecular flexibility index (Phi) is 4.29. The summed E-state index contributed by atoms with van der Waals surface area (Å²) in [6.45, 7) is 5.96. The number of aliphatic hydroxyl groups is 1. The third-order valence-electron chi connectivity index (χ3n) is 4.68. The van der Waals surface area contributed by atoms with Gasteiger partial charge in [-0.2, -0.15) is 0 Å². The Morgan fingerprint density at radius 3 is 2.86 bits per heavy atom. The molecule has 4 heteroatoms. The molecule has 0 radical (unpaired) electrons. The highest BCUT2D eigenvalue weighted by atomic mass is 16.5. The highest BCUT2D eigenvalue weighted by Crippen LogP contribution is 2.27. The van der Waals surface area contributed by atoms with Gasteiger partial charge < -0.3 is 19.6 Å². The van der Waals surface area contributed by atoms with Crippen molar-refractivity contribution in [2.45, 2.75) is 12.5 Å². The van der Waals surface area contributed by atoms with Gasteiger partial charge in [0.1, 0.15) is 12.4 Å². The molecule has 114 valence electrons. The van der Waals surface area contributed by atoms with Crippen LogP contribution in [0.1, 0.15) is 12.0 Å². The van der Waals surface area contributed by atoms with Crippen LogP contribution in [0.3, 0.4) is 0 Å². The number of likely N-dealkylation sites (N-methyl/N-ethyl adjacent to an activating group) is 1. The zero-order valence-corrected chi connectivity index (χ0v) is 12.7. The summed E-state index contributed by atoms with van der Waals surface area (Å²) in [4.78, 5) is 0. The second kappa shape index (κ2) is 6.18. The van der Waals surface area contributed by atoms with E-state index < -0.39 is 6.10 Å². The van der Waals surface area contributed by atoms with Crippen LogP contribution in [0.25, 0.3) is 6.08 Å². The van der Waals surface area contributed by atoms with Crippen LogP contribution in [0, 0.1) is 0 Å². The standard InChI is InChI=1S/C17H25N2O2/c1-19(10-7-18-8-11-19)9-6-16(20)15-12-14-4-2-3-5-17(14)21-13-15/h2-5,12,16,18,20H,6-11,13H2,1H3/q+1. The highest BCUT2D eigenvalue weighted by molar-refractivity contribution is 5.62. The number of nitrogens with one attached hydrogen (secondary N) is 1. The first-order chi connectivity index (χ1) is 10.2. The molecule has 1 aromatic carbocycles. The Balaban J connectivity index is 1.61. The monoisotopic (exact) mass is 289 g/mol. The summed E-state index contributed by atoms with van der Waals surface area (Å²) >= 11 is 0. The number of aliphatic hydroxyl groups excluding tert-OH is 1. The molecule has 1 saturated heterocycles. The van der Waals surface area contributed by atoms with E-state index in [1.807, 2.05) is 24.3 Å². The number of piperazine rings is 1. The van der Waals surface area contributed by atoms with Crippen LogP contribution in [-0.4, -0.2) is 62.1 Å². The van der Waals surface area contributed by atoms with E-state index >= 15 is 0 Å². The van der Waals surface area contributed by atoms with Crippen LogP contribution in [0.2, 0.25) is 0 Å². The molecule has 21 heavy (non-hydrogen) atoms. The summed E-state index contributed by atoms with van der Waals surface area (Å²) in [7, 11) is 2.29. The Hall–Kier alpha value is -1.36. The van der Waals surface area contributed by atoms with E-state index in [4.69, 9.17) is 4.74 Å². The van der Waals surface area contributed by atoms with Crippen molar-refractivity contribution in [3.05, 3.63) is 35.4 Å². The maximum atomic E-state index is 10.5. The molecule has 0 saturated carbocycles. The van der Waals surface area contributed by atoms with Gasteiger partial charge in [-0.1, -0.05) is 18.2 Å². The molecular weight excluding hydrogens is 264 g/mol. The van der Waals surface area contributed by atoms with Crippen molar-refractivity contribution in [1.82, 2.24) is 5.32 Å². The highest BCUT2D eigenvalue weighted by Gasteiger charge is 2.26. The summed E-state index contributed by atoms with van der Waals surface area (Å²) in [5, 5.41) is 13.9. The molecule has 1 atom stereocenters. The number of ether oxygens (including phenoxy) is 1. The van der Waals surface area contributed by atoms with Crippen molar-refractivity contribution in [3.8, 4) is 5.75 Å². The van der Waals surface area contributed by atoms with Crippen LogP contribution < -0.4 is 10.1 Å². The predicted octanol–water partition coefficient (Wildman–Crippen LogP) is 1.26. The van der Waals surface area contributed by atoms with Gasteiger partial charge in [-0.05, 0) is 17.7 Å². The average molecular weight is 289 g/mol. The lowest BCUT2D eigenvalue weighted by atomic mass is 10.0. The molecule has 1 unspecified atom stereocenters. The summed E-state index contributed by atoms with van der Waals surface area (Å²) in [6, 6.07) is 7.98. The topological polar surface area (TPSA) is 41.5 Å². The zero-order valence-electron chi connectivity index (χ0n) is 12.7. The fourth-order valence-electron chi connectivity index (χ4n) is 3.10. The van der Waals surface area contributed by atoms with Crippen molar-refractivity contribution < 1.29 is 14.3 Å². The third kappa shape index (κ3) is 3.46. The quantitative estimate of drug-likeness (QED) is 0.820. The molecule has 2 heterocycles. The molecule has 2 aliphatic rings. The molecule has 2 N–H and O–H groups in total. The fourth-order valence-corrected chi connectivity index (χ4v) is 3.10. The number of hydrogen-bond acceptors (Lipinski definition) is 3. The van der Waals surface area contributed by atoms with E-state index in [0.29, 0.717) is 6.61 Å². The molecule has 0 spiro atoms. The van der Waals surface area contributed by atoms with E-state index in [1.54, 1.807) is 0 Å². The number of hydrogen-bond donors (Lipinski definition) is 2. The first-order valence-electron chi connectivity index (χ1n) is 7.81. The summed E-state index contributed by atoms with van der Waals surface area (Å²) in [5.41, 5.74) is 2.07. The minimum atomic E-state index is -0.400. The van der Waals surface area contributed by atoms with Gasteiger partial charge in [-0.25, -0.2) is 0 Å². The van der Waals surface area contributed by atoms with Gasteiger partial charge in [0, 0.05) is 25.1 Å². The van der Waals surface area contributed by atoms with Crippen LogP contribution >= 0.6 is 0 Å². The second-order valence-electron chi connectivity index (χ2n) is 6.39. The van der Waals surface area contributed by atoms with Crippen LogP contribution in [0.4, 0.5) is 0 Å². The number of benzene rings is 1. The van der Waals surface area contributed by atoms with Gasteiger partial charge >= 0.3 is 0 Å². The maximum Gasteiger partial charge on any atom is 0.127 e. The minimum absolute atomic E-state index is 0.400. The van der Waals surface area contributed by atoms with E-state index in [-0.39, 0.29) is 0 Å². The largest absolute Gasteiger partial charge is 0.489 e. The normalized spacial score (nSPS) is 21.9. The molecular formula is C17H25N2O2+. The van der Waals surface area contributed by atoms with E-state index in [9.17, 15) is 5.11 Å². The zero-order chi connectivity index (χ0) is 14.7. The van der Waals surface area contributed by atoms with Gasteiger partial charge in [0.2, 0.25) is 0 Å². The van der Waals surface area contributed by atoms with Crippen LogP contribution in [0.15, 0.2) is 29.8 Å². The van der Waals surface area contributed by atoms with Gasteiger partial charge in [0.25, 0.3) is 0 Å². The smallest absolute Gasteiger partial charge is 0.127 e. The lowest BCUT2D eigenvalue weighted by Crippen LogP contribution is -2.56. The van der Waals surface area contributed by atoms with Gasteiger partial charge in [0.15, 0.2) is 0 Å². The number of rotatable bonds is 4. The number of nitrogens with zero attached hydrogens (tertiary/aromatic N) is 1. The van der Waals surface area contributed by atoms with Crippen LogP contribution in [-0.2, 0) is 0 Å². The van der Waals surface area contributed by atoms with Gasteiger partial charge in [-0.3, -0.25) is 0 Å². The van der Waals surface area contributed by atoms with Crippen molar-refractivity contribution in [3.63, 3.8) is 0 Å². The Morgan fingerprint density at radius 1 is 1.29 bits per heavy atom. The first-order valence-corrected chi connectivity index (χ1v) is 7.81. The van der Waals surface area contributed by atoms with Gasteiger partial charge in [0.05, 0.1) is 32.8 Å². The molecule has 0 amide bonds. The fraction of sp³-hybridized carbons (Fsp3) is 0.529. The number of quaternary nitrogens is 1. The third-order valence-corrected chi connectivity index (χ3v) is 4.68. The summed E-state index contributed by atoms with van der Waals surface area (Å²) in [5.74, 6) is 0.912. The Morgan fingerprint density at radius 2 is 2.05 bits per heavy atom. The lowest BCUT2D eigenvalue weighted by Gasteiger charge is -2.38. The van der Waals surface area contributed by atoms with Crippen LogP contribution in [0.5, 0.6) is 5.75 Å². The molecule has 4 nitrogen and oxygen atoms in total. The second-order valence-corrected chi connectivity index (χ2v) is 6.39. The van der Waals surface area contributed by atoms with Crippen molar-refractivity contribution in [2.75, 3.05) is 46.4 Å². The SMILES string of the molecule is C[N+]1(CCC(O)C2=Cc3ccccc3OC2)CCNCC1. The molecule has 2 aliphatic heterocycles. The van der Waals surface area contributed by atoms with E-state index in [2.05, 4.69) is 18.4 Å². The van der Waals surface area contributed by atoms with Crippen molar-refractivity contribution in [1.29, 1.82) is 0 Å². The molecule has 0 bridgehead atoms. The van der Waals surface area contributed by atoms with E-state index in [0.717, 1.165) is 60.5 Å². The summed E-state index contributed by atoms with van der Waals surface area (Å²) in [6.07, 6.45) is 2.48. The van der Waals surface area contributed by atoms with Gasteiger partial charge in [-0.15, -0.1) is 0 Å². The molecule has 1 aromatic rings. The first kappa shape index (κ1) is 14.6. The number of para-hydroxylation sites is 1. The molecule has 3 rings (SSSR count). The number of fused-ring (bicyclic) bond motifs is 1. The Labute approximate surface area is 126 Å². The summed E-state index contributed by atoms with van der Waals surface area (Å²) < 4.78 is 6.78.